The topological polar surface area (TPSA) is 32.7 Å². The first kappa shape index (κ1) is 13.1. The van der Waals surface area contributed by atoms with E-state index in [2.05, 4.69) is 4.90 Å². The summed E-state index contributed by atoms with van der Waals surface area (Å²) in [5.41, 5.74) is 1.02. The maximum atomic E-state index is 10.4. The minimum absolute atomic E-state index is 0.387. The highest BCUT2D eigenvalue weighted by Gasteiger charge is 2.34. The summed E-state index contributed by atoms with van der Waals surface area (Å²) >= 11 is 0. The molecule has 1 aromatic rings. The second-order valence-corrected chi connectivity index (χ2v) is 5.68. The van der Waals surface area contributed by atoms with Crippen LogP contribution in [0.4, 0.5) is 0 Å². The molecule has 19 heavy (non-hydrogen) atoms. The number of fused-ring (bicyclic) bond motifs is 1. The van der Waals surface area contributed by atoms with Gasteiger partial charge in [0, 0.05) is 19.1 Å². The number of rotatable bonds is 3. The smallest absolute Gasteiger partial charge is 0.0917 e. The van der Waals surface area contributed by atoms with Crippen molar-refractivity contribution in [3.63, 3.8) is 0 Å². The molecule has 0 bridgehead atoms. The van der Waals surface area contributed by atoms with Crippen molar-refractivity contribution >= 4 is 0 Å². The zero-order valence-electron chi connectivity index (χ0n) is 11.4. The van der Waals surface area contributed by atoms with Crippen molar-refractivity contribution in [2.24, 2.45) is 0 Å². The molecule has 3 rings (SSSR count). The normalized spacial score (nSPS) is 29.7. The number of hydrogen-bond donors (Lipinski definition) is 1. The Morgan fingerprint density at radius 2 is 2.00 bits per heavy atom. The molecule has 2 fully saturated rings. The van der Waals surface area contributed by atoms with E-state index in [1.807, 2.05) is 30.3 Å². The maximum absolute atomic E-state index is 10.4. The molecule has 1 heterocycles. The van der Waals surface area contributed by atoms with Crippen molar-refractivity contribution in [1.29, 1.82) is 0 Å². The Labute approximate surface area is 115 Å². The van der Waals surface area contributed by atoms with Crippen LogP contribution in [0.25, 0.3) is 0 Å². The number of ether oxygens (including phenoxy) is 1. The van der Waals surface area contributed by atoms with Gasteiger partial charge in [0.25, 0.3) is 0 Å². The van der Waals surface area contributed by atoms with Crippen molar-refractivity contribution in [3.05, 3.63) is 35.9 Å². The van der Waals surface area contributed by atoms with Gasteiger partial charge in [0.15, 0.2) is 0 Å². The lowest BCUT2D eigenvalue weighted by Crippen LogP contribution is -2.53. The molecule has 1 saturated carbocycles. The van der Waals surface area contributed by atoms with Gasteiger partial charge in [0.2, 0.25) is 0 Å². The number of aliphatic hydroxyl groups excluding tert-OH is 1. The zero-order chi connectivity index (χ0) is 13.1. The molecule has 0 aromatic heterocycles. The second-order valence-electron chi connectivity index (χ2n) is 5.68. The van der Waals surface area contributed by atoms with E-state index < -0.39 is 0 Å². The molecule has 1 saturated heterocycles. The number of aliphatic hydroxyl groups is 1. The minimum Gasteiger partial charge on any atom is -0.387 e. The standard InChI is InChI=1S/C16H23NO2/c18-15(13-6-2-1-3-7-13)12-17-10-11-19-16-9-5-4-8-14(16)17/h1-3,6-7,14-16,18H,4-5,8-12H2. The Kier molecular flexibility index (Phi) is 4.16. The van der Waals surface area contributed by atoms with Crippen LogP contribution in [0.1, 0.15) is 37.4 Å². The molecule has 0 spiro atoms. The van der Waals surface area contributed by atoms with Gasteiger partial charge in [-0.25, -0.2) is 0 Å². The van der Waals surface area contributed by atoms with Crippen LogP contribution in [0.3, 0.4) is 0 Å². The van der Waals surface area contributed by atoms with Crippen molar-refractivity contribution in [3.8, 4) is 0 Å². The fraction of sp³-hybridized carbons (Fsp3) is 0.625. The van der Waals surface area contributed by atoms with E-state index >= 15 is 0 Å². The molecule has 1 aliphatic heterocycles. The highest BCUT2D eigenvalue weighted by molar-refractivity contribution is 5.17. The Morgan fingerprint density at radius 1 is 1.21 bits per heavy atom. The van der Waals surface area contributed by atoms with E-state index in [0.29, 0.717) is 12.1 Å². The van der Waals surface area contributed by atoms with Crippen LogP contribution < -0.4 is 0 Å². The Hall–Kier alpha value is -0.900. The lowest BCUT2D eigenvalue weighted by molar-refractivity contribution is -0.0974. The van der Waals surface area contributed by atoms with Crippen LogP contribution in [0.5, 0.6) is 0 Å². The third-order valence-electron chi connectivity index (χ3n) is 4.44. The number of nitrogens with zero attached hydrogens (tertiary/aromatic N) is 1. The van der Waals surface area contributed by atoms with E-state index in [4.69, 9.17) is 4.74 Å². The molecule has 0 radical (unpaired) electrons. The van der Waals surface area contributed by atoms with Crippen LogP contribution in [-0.2, 0) is 4.74 Å². The first-order valence-electron chi connectivity index (χ1n) is 7.43. The molecule has 3 unspecified atom stereocenters. The largest absolute Gasteiger partial charge is 0.387 e. The van der Waals surface area contributed by atoms with E-state index in [9.17, 15) is 5.11 Å². The van der Waals surface area contributed by atoms with Gasteiger partial charge in [0.1, 0.15) is 0 Å². The van der Waals surface area contributed by atoms with Gasteiger partial charge in [-0.3, -0.25) is 4.90 Å². The second kappa shape index (κ2) is 6.04. The third-order valence-corrected chi connectivity index (χ3v) is 4.44. The van der Waals surface area contributed by atoms with Gasteiger partial charge in [-0.15, -0.1) is 0 Å². The summed E-state index contributed by atoms with van der Waals surface area (Å²) in [6.07, 6.45) is 4.99. The summed E-state index contributed by atoms with van der Waals surface area (Å²) in [4.78, 5) is 2.44. The van der Waals surface area contributed by atoms with Crippen LogP contribution in [0.2, 0.25) is 0 Å². The molecular weight excluding hydrogens is 238 g/mol. The van der Waals surface area contributed by atoms with Crippen molar-refractivity contribution in [2.45, 2.75) is 43.9 Å². The number of morpholine rings is 1. The zero-order valence-corrected chi connectivity index (χ0v) is 11.4. The average molecular weight is 261 g/mol. The van der Waals surface area contributed by atoms with Gasteiger partial charge in [-0.05, 0) is 18.4 Å². The fourth-order valence-electron chi connectivity index (χ4n) is 3.41. The highest BCUT2D eigenvalue weighted by atomic mass is 16.5. The van der Waals surface area contributed by atoms with E-state index in [0.717, 1.165) is 25.3 Å². The maximum Gasteiger partial charge on any atom is 0.0917 e. The van der Waals surface area contributed by atoms with E-state index in [1.165, 1.54) is 25.7 Å². The Balaban J connectivity index is 1.65. The third kappa shape index (κ3) is 2.99. The van der Waals surface area contributed by atoms with E-state index in [1.54, 1.807) is 0 Å². The van der Waals surface area contributed by atoms with Gasteiger partial charge in [-0.1, -0.05) is 43.2 Å². The lowest BCUT2D eigenvalue weighted by atomic mass is 9.89. The predicted octanol–water partition coefficient (Wildman–Crippen LogP) is 2.36. The molecule has 1 N–H and O–H groups in total. The van der Waals surface area contributed by atoms with Crippen LogP contribution in [0, 0.1) is 0 Å². The van der Waals surface area contributed by atoms with Crippen LogP contribution in [0.15, 0.2) is 30.3 Å². The monoisotopic (exact) mass is 261 g/mol. The predicted molar refractivity (Wildman–Crippen MR) is 75.0 cm³/mol. The van der Waals surface area contributed by atoms with Crippen molar-refractivity contribution in [2.75, 3.05) is 19.7 Å². The first-order chi connectivity index (χ1) is 9.34. The Morgan fingerprint density at radius 3 is 2.84 bits per heavy atom. The summed E-state index contributed by atoms with van der Waals surface area (Å²) in [5.74, 6) is 0. The molecule has 3 heteroatoms. The van der Waals surface area contributed by atoms with Crippen molar-refractivity contribution in [1.82, 2.24) is 4.90 Å². The van der Waals surface area contributed by atoms with E-state index in [-0.39, 0.29) is 6.10 Å². The summed E-state index contributed by atoms with van der Waals surface area (Å²) in [6, 6.07) is 10.5. The quantitative estimate of drug-likeness (QED) is 0.906. The molecule has 3 atom stereocenters. The van der Waals surface area contributed by atoms with Gasteiger partial charge in [-0.2, -0.15) is 0 Å². The summed E-state index contributed by atoms with van der Waals surface area (Å²) < 4.78 is 5.88. The molecule has 104 valence electrons. The number of benzene rings is 1. The summed E-state index contributed by atoms with van der Waals surface area (Å²) in [6.45, 7) is 2.49. The highest BCUT2D eigenvalue weighted by Crippen LogP contribution is 2.29. The van der Waals surface area contributed by atoms with Gasteiger partial charge in [0.05, 0.1) is 18.8 Å². The van der Waals surface area contributed by atoms with Crippen LogP contribution >= 0.6 is 0 Å². The SMILES string of the molecule is OC(CN1CCOC2CCCCC21)c1ccccc1. The molecule has 1 aliphatic carbocycles. The summed E-state index contributed by atoms with van der Waals surface area (Å²) in [7, 11) is 0. The summed E-state index contributed by atoms with van der Waals surface area (Å²) in [5, 5.41) is 10.4. The molecule has 1 aromatic carbocycles. The number of hydrogen-bond acceptors (Lipinski definition) is 3. The van der Waals surface area contributed by atoms with Crippen molar-refractivity contribution < 1.29 is 9.84 Å². The Bertz CT molecular complexity index is 393. The first-order valence-corrected chi connectivity index (χ1v) is 7.43. The van der Waals surface area contributed by atoms with Crippen LogP contribution in [-0.4, -0.2) is 41.8 Å². The van der Waals surface area contributed by atoms with Gasteiger partial charge >= 0.3 is 0 Å². The molecule has 3 nitrogen and oxygen atoms in total. The fourth-order valence-corrected chi connectivity index (χ4v) is 3.41. The minimum atomic E-state index is -0.387. The molecular formula is C16H23NO2. The van der Waals surface area contributed by atoms with Gasteiger partial charge < -0.3 is 9.84 Å². The molecule has 0 amide bonds. The lowest BCUT2D eigenvalue weighted by Gasteiger charge is -2.44. The molecule has 2 aliphatic rings. The average Bonchev–Trinajstić information content (AvgIpc) is 2.48. The number of β-amino-alcohol motifs (C(OH)–C–C–N with tert-alkyl or cyclic N) is 1.